The van der Waals surface area contributed by atoms with Gasteiger partial charge in [0, 0.05) is 26.2 Å². The standard InChI is InChI=1S/C9H13N3O2.ClH/c1-12-6-2-3-7(9(12)14)11-8(13)4-5-10;/h2-3,6H,4-5,10H2,1H3,(H,11,13);1H. The zero-order valence-corrected chi connectivity index (χ0v) is 9.21. The zero-order valence-electron chi connectivity index (χ0n) is 8.40. The molecule has 0 atom stereocenters. The highest BCUT2D eigenvalue weighted by Crippen LogP contribution is 1.97. The largest absolute Gasteiger partial charge is 0.330 e. The molecular weight excluding hydrogens is 218 g/mol. The van der Waals surface area contributed by atoms with E-state index in [1.807, 2.05) is 0 Å². The molecule has 6 heteroatoms. The van der Waals surface area contributed by atoms with Crippen molar-refractivity contribution in [3.05, 3.63) is 28.7 Å². The van der Waals surface area contributed by atoms with Crippen LogP contribution in [0.3, 0.4) is 0 Å². The van der Waals surface area contributed by atoms with Crippen molar-refractivity contribution < 1.29 is 4.79 Å². The first kappa shape index (κ1) is 13.7. The summed E-state index contributed by atoms with van der Waals surface area (Å²) < 4.78 is 1.40. The molecule has 15 heavy (non-hydrogen) atoms. The lowest BCUT2D eigenvalue weighted by molar-refractivity contribution is -0.116. The molecule has 5 nitrogen and oxygen atoms in total. The first-order valence-corrected chi connectivity index (χ1v) is 4.30. The van der Waals surface area contributed by atoms with Gasteiger partial charge in [-0.3, -0.25) is 9.59 Å². The van der Waals surface area contributed by atoms with Gasteiger partial charge in [0.2, 0.25) is 5.91 Å². The number of hydrogen-bond acceptors (Lipinski definition) is 3. The van der Waals surface area contributed by atoms with Crippen LogP contribution in [-0.2, 0) is 11.8 Å². The van der Waals surface area contributed by atoms with E-state index in [0.29, 0.717) is 0 Å². The summed E-state index contributed by atoms with van der Waals surface area (Å²) in [5, 5.41) is 2.50. The maximum absolute atomic E-state index is 11.4. The van der Waals surface area contributed by atoms with Gasteiger partial charge in [0.05, 0.1) is 0 Å². The molecular formula is C9H14ClN3O2. The summed E-state index contributed by atoms with van der Waals surface area (Å²) in [6.07, 6.45) is 1.85. The van der Waals surface area contributed by atoms with E-state index in [1.54, 1.807) is 25.4 Å². The number of nitrogens with zero attached hydrogens (tertiary/aromatic N) is 1. The maximum Gasteiger partial charge on any atom is 0.274 e. The van der Waals surface area contributed by atoms with Crippen molar-refractivity contribution in [3.63, 3.8) is 0 Å². The molecule has 0 bridgehead atoms. The van der Waals surface area contributed by atoms with Gasteiger partial charge in [0.1, 0.15) is 5.69 Å². The van der Waals surface area contributed by atoms with Gasteiger partial charge < -0.3 is 15.6 Å². The lowest BCUT2D eigenvalue weighted by Crippen LogP contribution is -2.24. The molecule has 0 saturated heterocycles. The van der Waals surface area contributed by atoms with Gasteiger partial charge in [-0.25, -0.2) is 0 Å². The number of nitrogens with two attached hydrogens (primary N) is 1. The number of rotatable bonds is 3. The van der Waals surface area contributed by atoms with E-state index in [1.165, 1.54) is 4.57 Å². The summed E-state index contributed by atoms with van der Waals surface area (Å²) in [6.45, 7) is 0.277. The third kappa shape index (κ3) is 3.73. The van der Waals surface area contributed by atoms with Crippen LogP contribution in [-0.4, -0.2) is 17.0 Å². The van der Waals surface area contributed by atoms with E-state index in [-0.39, 0.29) is 42.5 Å². The Labute approximate surface area is 93.7 Å². The molecule has 0 spiro atoms. The third-order valence-corrected chi connectivity index (χ3v) is 1.77. The number of carbonyl (C=O) groups is 1. The van der Waals surface area contributed by atoms with Crippen LogP contribution in [0.25, 0.3) is 0 Å². The Hall–Kier alpha value is -1.33. The molecule has 0 aliphatic heterocycles. The molecule has 1 rings (SSSR count). The van der Waals surface area contributed by atoms with Crippen LogP contribution in [0.4, 0.5) is 5.69 Å². The number of nitrogens with one attached hydrogen (secondary N) is 1. The molecule has 1 aromatic rings. The van der Waals surface area contributed by atoms with Crippen molar-refractivity contribution >= 4 is 24.0 Å². The normalized spacial score (nSPS) is 9.20. The number of halogens is 1. The van der Waals surface area contributed by atoms with E-state index in [4.69, 9.17) is 5.73 Å². The van der Waals surface area contributed by atoms with Crippen molar-refractivity contribution in [2.24, 2.45) is 12.8 Å². The Morgan fingerprint density at radius 2 is 2.27 bits per heavy atom. The summed E-state index contributed by atoms with van der Waals surface area (Å²) in [7, 11) is 1.63. The monoisotopic (exact) mass is 231 g/mol. The van der Waals surface area contributed by atoms with Crippen LogP contribution in [0.5, 0.6) is 0 Å². The fourth-order valence-electron chi connectivity index (χ4n) is 1.04. The topological polar surface area (TPSA) is 77.1 Å². The molecule has 1 heterocycles. The number of carbonyl (C=O) groups excluding carboxylic acids is 1. The number of pyridine rings is 1. The molecule has 84 valence electrons. The predicted octanol–water partition coefficient (Wildman–Crippen LogP) is 0.0944. The summed E-state index contributed by atoms with van der Waals surface area (Å²) in [6, 6.07) is 3.26. The van der Waals surface area contributed by atoms with Gasteiger partial charge in [-0.05, 0) is 12.1 Å². The Morgan fingerprint density at radius 1 is 1.60 bits per heavy atom. The molecule has 0 unspecified atom stereocenters. The first-order valence-electron chi connectivity index (χ1n) is 4.30. The van der Waals surface area contributed by atoms with Gasteiger partial charge in [-0.1, -0.05) is 0 Å². The third-order valence-electron chi connectivity index (χ3n) is 1.77. The molecule has 0 aromatic carbocycles. The van der Waals surface area contributed by atoms with Crippen molar-refractivity contribution in [1.29, 1.82) is 0 Å². The molecule has 1 amide bonds. The second-order valence-corrected chi connectivity index (χ2v) is 2.92. The highest BCUT2D eigenvalue weighted by molar-refractivity contribution is 5.90. The Morgan fingerprint density at radius 3 is 2.87 bits per heavy atom. The number of anilines is 1. The quantitative estimate of drug-likeness (QED) is 0.774. The van der Waals surface area contributed by atoms with E-state index < -0.39 is 0 Å². The minimum atomic E-state index is -0.240. The maximum atomic E-state index is 11.4. The molecule has 1 aromatic heterocycles. The van der Waals surface area contributed by atoms with Crippen LogP contribution < -0.4 is 16.6 Å². The summed E-state index contributed by atoms with van der Waals surface area (Å²) in [5.74, 6) is -0.240. The zero-order chi connectivity index (χ0) is 10.6. The summed E-state index contributed by atoms with van der Waals surface area (Å²) in [4.78, 5) is 22.6. The van der Waals surface area contributed by atoms with Crippen molar-refractivity contribution in [1.82, 2.24) is 4.57 Å². The second kappa shape index (κ2) is 6.21. The fraction of sp³-hybridized carbons (Fsp3) is 0.333. The Bertz CT molecular complexity index is 389. The number of aryl methyl sites for hydroxylation is 1. The van der Waals surface area contributed by atoms with E-state index in [0.717, 1.165) is 0 Å². The van der Waals surface area contributed by atoms with E-state index >= 15 is 0 Å². The Balaban J connectivity index is 0.00000196. The minimum Gasteiger partial charge on any atom is -0.330 e. The molecule has 0 radical (unpaired) electrons. The number of amides is 1. The second-order valence-electron chi connectivity index (χ2n) is 2.92. The first-order chi connectivity index (χ1) is 6.65. The van der Waals surface area contributed by atoms with Gasteiger partial charge in [-0.15, -0.1) is 12.4 Å². The lowest BCUT2D eigenvalue weighted by Gasteiger charge is -2.04. The summed E-state index contributed by atoms with van der Waals surface area (Å²) >= 11 is 0. The molecule has 0 fully saturated rings. The Kier molecular flexibility index (Phi) is 5.66. The van der Waals surface area contributed by atoms with Crippen LogP contribution in [0.1, 0.15) is 6.42 Å². The smallest absolute Gasteiger partial charge is 0.274 e. The van der Waals surface area contributed by atoms with Crippen LogP contribution in [0.15, 0.2) is 23.1 Å². The lowest BCUT2D eigenvalue weighted by atomic mass is 10.3. The highest BCUT2D eigenvalue weighted by Gasteiger charge is 2.04. The fourth-order valence-corrected chi connectivity index (χ4v) is 1.04. The number of hydrogen-bond donors (Lipinski definition) is 2. The van der Waals surface area contributed by atoms with E-state index in [9.17, 15) is 9.59 Å². The average molecular weight is 232 g/mol. The molecule has 0 aliphatic carbocycles. The predicted molar refractivity (Wildman–Crippen MR) is 61.2 cm³/mol. The van der Waals surface area contributed by atoms with Crippen molar-refractivity contribution in [3.8, 4) is 0 Å². The van der Waals surface area contributed by atoms with Crippen molar-refractivity contribution in [2.75, 3.05) is 11.9 Å². The molecule has 0 aliphatic rings. The van der Waals surface area contributed by atoms with Gasteiger partial charge in [0.15, 0.2) is 0 Å². The summed E-state index contributed by atoms with van der Waals surface area (Å²) in [5.41, 5.74) is 5.27. The van der Waals surface area contributed by atoms with Crippen molar-refractivity contribution in [2.45, 2.75) is 6.42 Å². The van der Waals surface area contributed by atoms with Crippen LogP contribution in [0.2, 0.25) is 0 Å². The molecule has 3 N–H and O–H groups in total. The van der Waals surface area contributed by atoms with Gasteiger partial charge in [0.25, 0.3) is 5.56 Å². The van der Waals surface area contributed by atoms with Crippen LogP contribution >= 0.6 is 12.4 Å². The minimum absolute atomic E-state index is 0. The highest BCUT2D eigenvalue weighted by atomic mass is 35.5. The van der Waals surface area contributed by atoms with Crippen LogP contribution in [0, 0.1) is 0 Å². The average Bonchev–Trinajstić information content (AvgIpc) is 2.13. The SMILES string of the molecule is Cl.Cn1cccc(NC(=O)CCN)c1=O. The van der Waals surface area contributed by atoms with Gasteiger partial charge >= 0.3 is 0 Å². The van der Waals surface area contributed by atoms with Gasteiger partial charge in [-0.2, -0.15) is 0 Å². The molecule has 0 saturated carbocycles. The van der Waals surface area contributed by atoms with E-state index in [2.05, 4.69) is 5.32 Å². The number of aromatic nitrogens is 1.